The maximum atomic E-state index is 14.5. The van der Waals surface area contributed by atoms with Crippen molar-refractivity contribution < 1.29 is 23.0 Å². The van der Waals surface area contributed by atoms with Crippen molar-refractivity contribution in [3.8, 4) is 5.06 Å². The average Bonchev–Trinajstić information content (AvgIpc) is 2.75. The molecule has 0 radical (unpaired) electrons. The van der Waals surface area contributed by atoms with Crippen molar-refractivity contribution in [2.75, 3.05) is 18.2 Å². The third-order valence-corrected chi connectivity index (χ3v) is 5.38. The Hall–Kier alpha value is -2.36. The normalized spacial score (nSPS) is 19.8. The van der Waals surface area contributed by atoms with Gasteiger partial charge in [0.1, 0.15) is 29.3 Å². The van der Waals surface area contributed by atoms with Crippen LogP contribution in [-0.2, 0) is 16.1 Å². The van der Waals surface area contributed by atoms with Crippen LogP contribution in [0.15, 0.2) is 23.2 Å². The largest absolute Gasteiger partial charge is 0.481 e. The van der Waals surface area contributed by atoms with E-state index in [4.69, 9.17) is 15.3 Å². The monoisotopic (exact) mass is 379 g/mol. The molecule has 3 heterocycles. The highest BCUT2D eigenvalue weighted by molar-refractivity contribution is 7.18. The summed E-state index contributed by atoms with van der Waals surface area (Å²) < 4.78 is 40.2. The number of anilines is 1. The summed E-state index contributed by atoms with van der Waals surface area (Å²) in [5.41, 5.74) is 0.696. The number of thiophene rings is 1. The highest BCUT2D eigenvalue weighted by atomic mass is 32.1. The molecule has 4 rings (SSSR count). The first-order valence-electron chi connectivity index (χ1n) is 7.96. The first-order chi connectivity index (χ1) is 12.5. The summed E-state index contributed by atoms with van der Waals surface area (Å²) in [6.45, 7) is 2.43. The van der Waals surface area contributed by atoms with Crippen molar-refractivity contribution in [2.24, 2.45) is 10.8 Å². The summed E-state index contributed by atoms with van der Waals surface area (Å²) in [6, 6.07) is 2.68. The van der Waals surface area contributed by atoms with Gasteiger partial charge in [0.15, 0.2) is 5.06 Å². The van der Waals surface area contributed by atoms with E-state index >= 15 is 0 Å². The zero-order chi connectivity index (χ0) is 18.4. The number of carbonyl (C=O) groups excluding carboxylic acids is 1. The Labute approximate surface area is 151 Å². The predicted molar refractivity (Wildman–Crippen MR) is 92.6 cm³/mol. The van der Waals surface area contributed by atoms with Gasteiger partial charge in [0.2, 0.25) is 0 Å². The van der Waals surface area contributed by atoms with Crippen molar-refractivity contribution in [1.29, 1.82) is 0 Å². The lowest BCUT2D eigenvalue weighted by molar-refractivity contribution is -0.119. The van der Waals surface area contributed by atoms with Crippen LogP contribution in [0.3, 0.4) is 0 Å². The van der Waals surface area contributed by atoms with Gasteiger partial charge in [-0.1, -0.05) is 17.4 Å². The van der Waals surface area contributed by atoms with Gasteiger partial charge in [0.25, 0.3) is 5.91 Å². The van der Waals surface area contributed by atoms with Crippen LogP contribution in [0.1, 0.15) is 23.6 Å². The Morgan fingerprint density at radius 3 is 2.73 bits per heavy atom. The minimum atomic E-state index is -0.892. The molecule has 1 aromatic carbocycles. The number of hydrogen-bond donors (Lipinski definition) is 1. The topological polar surface area (TPSA) is 77.2 Å². The fourth-order valence-electron chi connectivity index (χ4n) is 2.99. The quantitative estimate of drug-likeness (QED) is 0.610. The number of hydrogen-bond acceptors (Lipinski definition) is 6. The summed E-state index contributed by atoms with van der Waals surface area (Å²) in [4.78, 5) is 16.8. The fraction of sp³-hybridized carbons (Fsp3) is 0.294. The Bertz CT molecular complexity index is 908. The lowest BCUT2D eigenvalue weighted by Crippen LogP contribution is -2.41. The van der Waals surface area contributed by atoms with Gasteiger partial charge in [0.05, 0.1) is 24.5 Å². The van der Waals surface area contributed by atoms with Gasteiger partial charge in [-0.25, -0.2) is 19.6 Å². The SMILES string of the molecule is C[C@@H]1N=C(c2c(F)cccc2F)c2c(sc3c2COCCO3)N(N)C1=O. The predicted octanol–water partition coefficient (Wildman–Crippen LogP) is 2.38. The molecule has 2 aliphatic rings. The number of nitrogens with two attached hydrogens (primary N) is 1. The second-order valence-corrected chi connectivity index (χ2v) is 6.87. The summed E-state index contributed by atoms with van der Waals surface area (Å²) in [5.74, 6) is 3.97. The van der Waals surface area contributed by atoms with Gasteiger partial charge >= 0.3 is 0 Å². The highest BCUT2D eigenvalue weighted by Crippen LogP contribution is 2.45. The molecule has 1 atom stereocenters. The van der Waals surface area contributed by atoms with E-state index in [9.17, 15) is 13.6 Å². The molecule has 2 N–H and O–H groups in total. The first-order valence-corrected chi connectivity index (χ1v) is 8.78. The lowest BCUT2D eigenvalue weighted by atomic mass is 9.99. The van der Waals surface area contributed by atoms with Crippen LogP contribution < -0.4 is 15.6 Å². The van der Waals surface area contributed by atoms with E-state index in [1.807, 2.05) is 0 Å². The lowest BCUT2D eigenvalue weighted by Gasteiger charge is -2.15. The van der Waals surface area contributed by atoms with Crippen LogP contribution in [0.5, 0.6) is 5.06 Å². The second-order valence-electron chi connectivity index (χ2n) is 5.91. The van der Waals surface area contributed by atoms with Crippen LogP contribution in [0, 0.1) is 11.6 Å². The molecule has 1 aromatic heterocycles. The van der Waals surface area contributed by atoms with Gasteiger partial charge in [0, 0.05) is 11.1 Å². The number of rotatable bonds is 1. The number of benzene rings is 1. The fourth-order valence-corrected chi connectivity index (χ4v) is 4.10. The molecule has 0 bridgehead atoms. The maximum Gasteiger partial charge on any atom is 0.266 e. The van der Waals surface area contributed by atoms with E-state index in [0.717, 1.165) is 28.5 Å². The zero-order valence-corrected chi connectivity index (χ0v) is 14.6. The minimum Gasteiger partial charge on any atom is -0.481 e. The van der Waals surface area contributed by atoms with E-state index in [-0.39, 0.29) is 17.9 Å². The van der Waals surface area contributed by atoms with Crippen molar-refractivity contribution in [3.63, 3.8) is 0 Å². The third-order valence-electron chi connectivity index (χ3n) is 4.23. The highest BCUT2D eigenvalue weighted by Gasteiger charge is 2.36. The summed E-state index contributed by atoms with van der Waals surface area (Å²) in [5, 5.41) is 1.81. The minimum absolute atomic E-state index is 0.0380. The van der Waals surface area contributed by atoms with Crippen molar-refractivity contribution >= 4 is 28.0 Å². The molecular weight excluding hydrogens is 364 g/mol. The maximum absolute atomic E-state index is 14.5. The number of aliphatic imine (C=N–C) groups is 1. The number of carbonyl (C=O) groups is 1. The van der Waals surface area contributed by atoms with Gasteiger partial charge in [-0.05, 0) is 19.1 Å². The number of amides is 1. The summed E-state index contributed by atoms with van der Waals surface area (Å²) >= 11 is 1.14. The van der Waals surface area contributed by atoms with Crippen molar-refractivity contribution in [3.05, 3.63) is 46.5 Å². The standard InChI is InChI=1S/C17H15F2N3O3S/c1-8-15(23)22(20)16-12(9-7-24-5-6-25-17(9)26-16)14(21-8)13-10(18)3-2-4-11(13)19/h2-4,8H,5-7,20H2,1H3/t8-/m0/s1. The molecule has 2 aromatic rings. The van der Waals surface area contributed by atoms with E-state index in [1.54, 1.807) is 0 Å². The second kappa shape index (κ2) is 6.42. The molecule has 0 spiro atoms. The number of ether oxygens (including phenoxy) is 2. The Balaban J connectivity index is 2.03. The van der Waals surface area contributed by atoms with Gasteiger partial charge in [-0.15, -0.1) is 0 Å². The average molecular weight is 379 g/mol. The molecule has 6 nitrogen and oxygen atoms in total. The number of fused-ring (bicyclic) bond motifs is 3. The van der Waals surface area contributed by atoms with E-state index in [0.29, 0.717) is 34.4 Å². The van der Waals surface area contributed by atoms with Gasteiger partial charge < -0.3 is 9.47 Å². The Morgan fingerprint density at radius 2 is 2.00 bits per heavy atom. The van der Waals surface area contributed by atoms with Gasteiger partial charge in [-0.2, -0.15) is 0 Å². The van der Waals surface area contributed by atoms with Crippen LogP contribution in [-0.4, -0.2) is 30.9 Å². The molecule has 0 fully saturated rings. The first kappa shape index (κ1) is 17.1. The molecular formula is C17H15F2N3O3S. The molecule has 136 valence electrons. The van der Waals surface area contributed by atoms with Crippen LogP contribution in [0.4, 0.5) is 13.8 Å². The Kier molecular flexibility index (Phi) is 4.22. The van der Waals surface area contributed by atoms with E-state index in [1.165, 1.54) is 13.0 Å². The molecule has 9 heteroatoms. The Morgan fingerprint density at radius 1 is 1.27 bits per heavy atom. The van der Waals surface area contributed by atoms with Crippen molar-refractivity contribution in [1.82, 2.24) is 0 Å². The molecule has 0 aliphatic carbocycles. The number of hydrazine groups is 1. The van der Waals surface area contributed by atoms with Crippen molar-refractivity contribution in [2.45, 2.75) is 19.6 Å². The third kappa shape index (κ3) is 2.59. The van der Waals surface area contributed by atoms with Gasteiger partial charge in [-0.3, -0.25) is 9.79 Å². The number of halogens is 2. The summed E-state index contributed by atoms with van der Waals surface area (Å²) in [6.07, 6.45) is 0. The molecule has 0 saturated heterocycles. The molecule has 1 amide bonds. The van der Waals surface area contributed by atoms with E-state index < -0.39 is 23.6 Å². The molecule has 2 aliphatic heterocycles. The summed E-state index contributed by atoms with van der Waals surface area (Å²) in [7, 11) is 0. The number of nitrogens with zero attached hydrogens (tertiary/aromatic N) is 2. The molecule has 0 unspecified atom stereocenters. The molecule has 26 heavy (non-hydrogen) atoms. The van der Waals surface area contributed by atoms with Crippen LogP contribution >= 0.6 is 11.3 Å². The smallest absolute Gasteiger partial charge is 0.266 e. The van der Waals surface area contributed by atoms with E-state index in [2.05, 4.69) is 4.99 Å². The zero-order valence-electron chi connectivity index (χ0n) is 13.8. The molecule has 0 saturated carbocycles. The van der Waals surface area contributed by atoms with Crippen LogP contribution in [0.25, 0.3) is 0 Å². The van der Waals surface area contributed by atoms with Crippen LogP contribution in [0.2, 0.25) is 0 Å².